The lowest BCUT2D eigenvalue weighted by molar-refractivity contribution is 0.232. The summed E-state index contributed by atoms with van der Waals surface area (Å²) in [5.74, 6) is 1.24. The molecule has 0 aliphatic carbocycles. The molecule has 0 aliphatic rings. The van der Waals surface area contributed by atoms with Crippen LogP contribution in [0.4, 0.5) is 5.95 Å². The smallest absolute Gasteiger partial charge is 0.229 e. The monoisotopic (exact) mass is 252 g/mol. The number of hydrogen-bond acceptors (Lipinski definition) is 5. The zero-order chi connectivity index (χ0) is 13.9. The second kappa shape index (κ2) is 5.52. The minimum absolute atomic E-state index is 0.0972. The van der Waals surface area contributed by atoms with Crippen LogP contribution >= 0.6 is 0 Å². The number of ether oxygens (including phenoxy) is 1. The van der Waals surface area contributed by atoms with Gasteiger partial charge in [0.2, 0.25) is 11.8 Å². The summed E-state index contributed by atoms with van der Waals surface area (Å²) < 4.78 is 5.62. The summed E-state index contributed by atoms with van der Waals surface area (Å²) in [4.78, 5) is 10.8. The first kappa shape index (κ1) is 14.7. The fraction of sp³-hybridized carbons (Fsp3) is 0.692. The van der Waals surface area contributed by atoms with Gasteiger partial charge in [-0.25, -0.2) is 4.98 Å². The molecule has 18 heavy (non-hydrogen) atoms. The van der Waals surface area contributed by atoms with Crippen molar-refractivity contribution in [2.75, 3.05) is 18.5 Å². The molecular formula is C13H24N4O. The number of hydrogen-bond donors (Lipinski definition) is 1. The van der Waals surface area contributed by atoms with Gasteiger partial charge in [0.05, 0.1) is 6.10 Å². The van der Waals surface area contributed by atoms with Crippen LogP contribution in [0.25, 0.3) is 0 Å². The van der Waals surface area contributed by atoms with Crippen LogP contribution < -0.4 is 15.4 Å². The molecule has 5 heteroatoms. The predicted octanol–water partition coefficient (Wildman–Crippen LogP) is 1.75. The van der Waals surface area contributed by atoms with Gasteiger partial charge in [0.15, 0.2) is 0 Å². The second-order valence-electron chi connectivity index (χ2n) is 5.39. The lowest BCUT2D eigenvalue weighted by Crippen LogP contribution is -2.48. The number of nitrogens with zero attached hydrogens (tertiary/aromatic N) is 3. The molecule has 0 aliphatic heterocycles. The Kier molecular flexibility index (Phi) is 4.51. The first-order valence-electron chi connectivity index (χ1n) is 6.22. The topological polar surface area (TPSA) is 64.3 Å². The minimum atomic E-state index is -0.192. The molecule has 0 saturated carbocycles. The molecule has 1 rings (SSSR count). The highest BCUT2D eigenvalue weighted by Crippen LogP contribution is 2.21. The van der Waals surface area contributed by atoms with Crippen LogP contribution in [0.1, 0.15) is 33.4 Å². The van der Waals surface area contributed by atoms with Crippen LogP contribution in [0.5, 0.6) is 5.88 Å². The third-order valence-corrected chi connectivity index (χ3v) is 2.88. The highest BCUT2D eigenvalue weighted by atomic mass is 16.5. The molecule has 0 spiro atoms. The summed E-state index contributed by atoms with van der Waals surface area (Å²) in [6, 6.07) is 1.84. The molecule has 1 aromatic heterocycles. The first-order valence-corrected chi connectivity index (χ1v) is 6.22. The fourth-order valence-corrected chi connectivity index (χ4v) is 1.38. The van der Waals surface area contributed by atoms with Crippen molar-refractivity contribution in [3.8, 4) is 5.88 Å². The summed E-state index contributed by atoms with van der Waals surface area (Å²) in [7, 11) is 1.95. The van der Waals surface area contributed by atoms with E-state index in [-0.39, 0.29) is 11.6 Å². The normalized spacial score (nSPS) is 11.8. The maximum atomic E-state index is 5.77. The molecule has 0 unspecified atom stereocenters. The number of nitrogens with two attached hydrogens (primary N) is 1. The number of anilines is 1. The zero-order valence-electron chi connectivity index (χ0n) is 12.2. The minimum Gasteiger partial charge on any atom is -0.475 e. The number of rotatable bonds is 5. The Balaban J connectivity index is 3.06. The van der Waals surface area contributed by atoms with E-state index >= 15 is 0 Å². The maximum absolute atomic E-state index is 5.77. The van der Waals surface area contributed by atoms with Gasteiger partial charge in [-0.1, -0.05) is 0 Å². The number of likely N-dealkylation sites (N-methyl/N-ethyl adjacent to an activating group) is 1. The molecule has 102 valence electrons. The Morgan fingerprint density at radius 2 is 2.00 bits per heavy atom. The maximum Gasteiger partial charge on any atom is 0.229 e. The molecule has 0 saturated heterocycles. The number of aryl methyl sites for hydroxylation is 1. The third kappa shape index (κ3) is 3.57. The highest BCUT2D eigenvalue weighted by Gasteiger charge is 2.24. The van der Waals surface area contributed by atoms with Gasteiger partial charge in [-0.3, -0.25) is 0 Å². The van der Waals surface area contributed by atoms with Gasteiger partial charge in [0, 0.05) is 30.9 Å². The van der Waals surface area contributed by atoms with Gasteiger partial charge in [-0.2, -0.15) is 4.98 Å². The zero-order valence-corrected chi connectivity index (χ0v) is 12.2. The van der Waals surface area contributed by atoms with Crippen molar-refractivity contribution >= 4 is 5.95 Å². The molecule has 0 amide bonds. The van der Waals surface area contributed by atoms with E-state index in [0.717, 1.165) is 5.69 Å². The molecule has 1 heterocycles. The summed E-state index contributed by atoms with van der Waals surface area (Å²) in [6.45, 7) is 10.5. The van der Waals surface area contributed by atoms with E-state index < -0.39 is 0 Å². The molecule has 0 aromatic carbocycles. The van der Waals surface area contributed by atoms with Gasteiger partial charge >= 0.3 is 0 Å². The van der Waals surface area contributed by atoms with Crippen molar-refractivity contribution < 1.29 is 4.74 Å². The van der Waals surface area contributed by atoms with E-state index in [1.54, 1.807) is 0 Å². The van der Waals surface area contributed by atoms with E-state index in [2.05, 4.69) is 23.8 Å². The van der Waals surface area contributed by atoms with Gasteiger partial charge < -0.3 is 15.4 Å². The molecule has 2 N–H and O–H groups in total. The van der Waals surface area contributed by atoms with Gasteiger partial charge in [0.1, 0.15) is 0 Å². The quantitative estimate of drug-likeness (QED) is 0.865. The van der Waals surface area contributed by atoms with E-state index in [4.69, 9.17) is 10.5 Å². The van der Waals surface area contributed by atoms with E-state index in [9.17, 15) is 0 Å². The Morgan fingerprint density at radius 3 is 2.50 bits per heavy atom. The Bertz CT molecular complexity index is 404. The lowest BCUT2D eigenvalue weighted by atomic mass is 10.1. The van der Waals surface area contributed by atoms with Crippen molar-refractivity contribution in [2.24, 2.45) is 5.73 Å². The first-order chi connectivity index (χ1) is 8.26. The van der Waals surface area contributed by atoms with Crippen molar-refractivity contribution in [3.63, 3.8) is 0 Å². The Labute approximate surface area is 109 Å². The molecule has 0 fully saturated rings. The number of aromatic nitrogens is 2. The summed E-state index contributed by atoms with van der Waals surface area (Å²) in [5.41, 5.74) is 6.47. The van der Waals surface area contributed by atoms with Gasteiger partial charge in [0.25, 0.3) is 0 Å². The largest absolute Gasteiger partial charge is 0.475 e. The standard InChI is InChI=1S/C13H24N4O/c1-9(2)18-11-7-10(3)15-12(16-11)17(6)13(4,5)8-14/h7,9H,8,14H2,1-6H3. The average molecular weight is 252 g/mol. The van der Waals surface area contributed by atoms with Crippen LogP contribution in [0, 0.1) is 6.92 Å². The van der Waals surface area contributed by atoms with Crippen LogP contribution in [0.15, 0.2) is 6.07 Å². The van der Waals surface area contributed by atoms with Crippen molar-refractivity contribution in [1.82, 2.24) is 9.97 Å². The third-order valence-electron chi connectivity index (χ3n) is 2.88. The lowest BCUT2D eigenvalue weighted by Gasteiger charge is -2.34. The van der Waals surface area contributed by atoms with E-state index in [0.29, 0.717) is 18.4 Å². The van der Waals surface area contributed by atoms with Crippen molar-refractivity contribution in [2.45, 2.75) is 46.3 Å². The van der Waals surface area contributed by atoms with Gasteiger partial charge in [-0.05, 0) is 34.6 Å². The molecule has 0 bridgehead atoms. The van der Waals surface area contributed by atoms with Gasteiger partial charge in [-0.15, -0.1) is 0 Å². The Hall–Kier alpha value is -1.36. The molecule has 1 aromatic rings. The molecular weight excluding hydrogens is 228 g/mol. The van der Waals surface area contributed by atoms with Crippen LogP contribution in [0.2, 0.25) is 0 Å². The SMILES string of the molecule is Cc1cc(OC(C)C)nc(N(C)C(C)(C)CN)n1. The molecule has 0 radical (unpaired) electrons. The van der Waals surface area contributed by atoms with Crippen LogP contribution in [-0.2, 0) is 0 Å². The van der Waals surface area contributed by atoms with Crippen molar-refractivity contribution in [3.05, 3.63) is 11.8 Å². The predicted molar refractivity (Wildman–Crippen MR) is 74.1 cm³/mol. The van der Waals surface area contributed by atoms with Crippen molar-refractivity contribution in [1.29, 1.82) is 0 Å². The fourth-order valence-electron chi connectivity index (χ4n) is 1.38. The Morgan fingerprint density at radius 1 is 1.39 bits per heavy atom. The summed E-state index contributed by atoms with van der Waals surface area (Å²) in [6.07, 6.45) is 0.0972. The van der Waals surface area contributed by atoms with E-state index in [1.807, 2.05) is 38.8 Å². The highest BCUT2D eigenvalue weighted by molar-refractivity contribution is 5.36. The second-order valence-corrected chi connectivity index (χ2v) is 5.39. The summed E-state index contributed by atoms with van der Waals surface area (Å²) in [5, 5.41) is 0. The average Bonchev–Trinajstić information content (AvgIpc) is 2.26. The summed E-state index contributed by atoms with van der Waals surface area (Å²) >= 11 is 0. The molecule has 0 atom stereocenters. The molecule has 5 nitrogen and oxygen atoms in total. The van der Waals surface area contributed by atoms with Crippen LogP contribution in [0.3, 0.4) is 0 Å². The van der Waals surface area contributed by atoms with Crippen LogP contribution in [-0.4, -0.2) is 35.2 Å². The van der Waals surface area contributed by atoms with E-state index in [1.165, 1.54) is 0 Å².